The molecule has 170 valence electrons. The summed E-state index contributed by atoms with van der Waals surface area (Å²) in [6, 6.07) is 17.4. The minimum atomic E-state index is -4.47. The lowest BCUT2D eigenvalue weighted by Gasteiger charge is -2.09. The molecule has 1 aromatic heterocycles. The molecule has 0 saturated carbocycles. The van der Waals surface area contributed by atoms with Crippen LogP contribution >= 0.6 is 0 Å². The van der Waals surface area contributed by atoms with Crippen molar-refractivity contribution < 1.29 is 26.4 Å². The van der Waals surface area contributed by atoms with Gasteiger partial charge in [0.2, 0.25) is 15.7 Å². The first-order valence-corrected chi connectivity index (χ1v) is 11.4. The van der Waals surface area contributed by atoms with Crippen LogP contribution in [0.4, 0.5) is 18.9 Å². The average Bonchev–Trinajstić information content (AvgIpc) is 3.13. The van der Waals surface area contributed by atoms with Gasteiger partial charge in [0.15, 0.2) is 0 Å². The number of benzene rings is 3. The zero-order valence-corrected chi connectivity index (χ0v) is 18.2. The number of carbonyl (C=O) groups is 1. The van der Waals surface area contributed by atoms with Crippen LogP contribution in [0.25, 0.3) is 10.9 Å². The summed E-state index contributed by atoms with van der Waals surface area (Å²) in [4.78, 5) is 12.8. The van der Waals surface area contributed by atoms with Crippen molar-refractivity contribution in [3.63, 3.8) is 0 Å². The molecule has 4 aromatic rings. The molecule has 9 heteroatoms. The van der Waals surface area contributed by atoms with Crippen molar-refractivity contribution in [2.45, 2.75) is 29.4 Å². The molecule has 0 spiro atoms. The molecular weight excluding hydrogens is 453 g/mol. The lowest BCUT2D eigenvalue weighted by molar-refractivity contribution is -0.137. The number of amides is 1. The van der Waals surface area contributed by atoms with Crippen LogP contribution < -0.4 is 5.32 Å². The Labute approximate surface area is 188 Å². The summed E-state index contributed by atoms with van der Waals surface area (Å²) < 4.78 is 66.2. The van der Waals surface area contributed by atoms with Crippen LogP contribution in [0.15, 0.2) is 88.8 Å². The Bertz CT molecular complexity index is 1420. The highest BCUT2D eigenvalue weighted by Crippen LogP contribution is 2.31. The highest BCUT2D eigenvalue weighted by Gasteiger charge is 2.30. The predicted molar refractivity (Wildman–Crippen MR) is 119 cm³/mol. The third kappa shape index (κ3) is 4.63. The molecule has 0 atom stereocenters. The van der Waals surface area contributed by atoms with E-state index in [-0.39, 0.29) is 22.0 Å². The standard InChI is InChI=1S/C24H19F3N2O3S/c1-16-6-12-19(13-7-16)33(31,32)22-14-29(21-5-3-2-4-20(21)22)15-23(30)28-18-10-8-17(9-11-18)24(25,26)27/h2-14H,15H2,1H3,(H,28,30). The molecule has 0 saturated heterocycles. The third-order valence-corrected chi connectivity index (χ3v) is 6.98. The van der Waals surface area contributed by atoms with Crippen LogP contribution in [0.2, 0.25) is 0 Å². The molecule has 5 nitrogen and oxygen atoms in total. The number of rotatable bonds is 5. The van der Waals surface area contributed by atoms with E-state index in [1.54, 1.807) is 36.4 Å². The lowest BCUT2D eigenvalue weighted by atomic mass is 10.2. The molecule has 4 rings (SSSR count). The Kier molecular flexibility index (Phi) is 5.75. The fourth-order valence-electron chi connectivity index (χ4n) is 3.50. The quantitative estimate of drug-likeness (QED) is 0.421. The Hall–Kier alpha value is -3.59. The number of para-hydroxylation sites is 1. The fourth-order valence-corrected chi connectivity index (χ4v) is 4.98. The van der Waals surface area contributed by atoms with Crippen LogP contribution in [0.3, 0.4) is 0 Å². The van der Waals surface area contributed by atoms with Gasteiger partial charge in [0.1, 0.15) is 6.54 Å². The highest BCUT2D eigenvalue weighted by atomic mass is 32.2. The maximum Gasteiger partial charge on any atom is 0.416 e. The predicted octanol–water partition coefficient (Wildman–Crippen LogP) is 5.44. The second kappa shape index (κ2) is 8.40. The van der Waals surface area contributed by atoms with Gasteiger partial charge in [-0.15, -0.1) is 0 Å². The summed E-state index contributed by atoms with van der Waals surface area (Å²) in [6.45, 7) is 1.64. The summed E-state index contributed by atoms with van der Waals surface area (Å²) >= 11 is 0. The molecule has 0 radical (unpaired) electrons. The van der Waals surface area contributed by atoms with Gasteiger partial charge in [0.05, 0.1) is 15.4 Å². The van der Waals surface area contributed by atoms with Gasteiger partial charge in [-0.3, -0.25) is 4.79 Å². The Morgan fingerprint density at radius 3 is 2.21 bits per heavy atom. The van der Waals surface area contributed by atoms with E-state index in [0.717, 1.165) is 17.7 Å². The molecule has 0 aliphatic rings. The van der Waals surface area contributed by atoms with Crippen LogP contribution in [-0.2, 0) is 27.4 Å². The number of nitrogens with zero attached hydrogens (tertiary/aromatic N) is 1. The Morgan fingerprint density at radius 1 is 0.939 bits per heavy atom. The molecule has 0 aliphatic carbocycles. The molecule has 0 aliphatic heterocycles. The average molecular weight is 472 g/mol. The van der Waals surface area contributed by atoms with Crippen LogP contribution in [0.5, 0.6) is 0 Å². The van der Waals surface area contributed by atoms with Gasteiger partial charge in [0, 0.05) is 22.8 Å². The van der Waals surface area contributed by atoms with Crippen LogP contribution in [-0.4, -0.2) is 18.9 Å². The first-order chi connectivity index (χ1) is 15.6. The van der Waals surface area contributed by atoms with Crippen LogP contribution in [0.1, 0.15) is 11.1 Å². The van der Waals surface area contributed by atoms with Gasteiger partial charge < -0.3 is 9.88 Å². The van der Waals surface area contributed by atoms with Crippen molar-refractivity contribution in [2.75, 3.05) is 5.32 Å². The summed E-state index contributed by atoms with van der Waals surface area (Å²) in [5, 5.41) is 3.02. The van der Waals surface area contributed by atoms with E-state index in [0.29, 0.717) is 10.9 Å². The minimum Gasteiger partial charge on any atom is -0.337 e. The highest BCUT2D eigenvalue weighted by molar-refractivity contribution is 7.91. The van der Waals surface area contributed by atoms with Gasteiger partial charge in [0.25, 0.3) is 0 Å². The lowest BCUT2D eigenvalue weighted by Crippen LogP contribution is -2.18. The van der Waals surface area contributed by atoms with E-state index in [9.17, 15) is 26.4 Å². The molecule has 0 fully saturated rings. The van der Waals surface area contributed by atoms with Crippen molar-refractivity contribution in [2.24, 2.45) is 0 Å². The zero-order valence-electron chi connectivity index (χ0n) is 17.4. The molecule has 1 heterocycles. The summed E-state index contributed by atoms with van der Waals surface area (Å²) in [7, 11) is -3.83. The van der Waals surface area contributed by atoms with Crippen molar-refractivity contribution in [1.82, 2.24) is 4.57 Å². The van der Waals surface area contributed by atoms with Crippen molar-refractivity contribution >= 4 is 32.3 Å². The number of nitrogens with one attached hydrogen (secondary N) is 1. The number of aryl methyl sites for hydroxylation is 1. The molecule has 1 amide bonds. The first-order valence-electron chi connectivity index (χ1n) is 9.92. The summed E-state index contributed by atoms with van der Waals surface area (Å²) in [6.07, 6.45) is -3.06. The maximum atomic E-state index is 13.3. The largest absolute Gasteiger partial charge is 0.416 e. The van der Waals surface area contributed by atoms with E-state index in [1.165, 1.54) is 35.0 Å². The number of aromatic nitrogens is 1. The van der Waals surface area contributed by atoms with Gasteiger partial charge in [-0.2, -0.15) is 13.2 Å². The summed E-state index contributed by atoms with van der Waals surface area (Å²) in [5.74, 6) is -0.505. The van der Waals surface area contributed by atoms with Crippen LogP contribution in [0, 0.1) is 6.92 Å². The number of hydrogen-bond acceptors (Lipinski definition) is 3. The molecule has 1 N–H and O–H groups in total. The maximum absolute atomic E-state index is 13.3. The number of carbonyl (C=O) groups excluding carboxylic acids is 1. The normalized spacial score (nSPS) is 12.1. The number of fused-ring (bicyclic) bond motifs is 1. The van der Waals surface area contributed by atoms with Gasteiger partial charge >= 0.3 is 6.18 Å². The SMILES string of the molecule is Cc1ccc(S(=O)(=O)c2cn(CC(=O)Nc3ccc(C(F)(F)F)cc3)c3ccccc23)cc1. The van der Waals surface area contributed by atoms with E-state index in [4.69, 9.17) is 0 Å². The first kappa shape index (κ1) is 22.6. The molecular formula is C24H19F3N2O3S. The Balaban J connectivity index is 1.63. The monoisotopic (exact) mass is 472 g/mol. The number of halogens is 3. The Morgan fingerprint density at radius 2 is 1.58 bits per heavy atom. The number of sulfone groups is 1. The smallest absolute Gasteiger partial charge is 0.337 e. The van der Waals surface area contributed by atoms with E-state index in [1.807, 2.05) is 6.92 Å². The molecule has 33 heavy (non-hydrogen) atoms. The van der Waals surface area contributed by atoms with Crippen molar-refractivity contribution in [3.05, 3.63) is 90.1 Å². The van der Waals surface area contributed by atoms with Gasteiger partial charge in [-0.25, -0.2) is 8.42 Å². The zero-order chi connectivity index (χ0) is 23.8. The topological polar surface area (TPSA) is 68.2 Å². The van der Waals surface area contributed by atoms with E-state index in [2.05, 4.69) is 5.32 Å². The van der Waals surface area contributed by atoms with E-state index >= 15 is 0 Å². The second-order valence-corrected chi connectivity index (χ2v) is 9.50. The third-order valence-electron chi connectivity index (χ3n) is 5.18. The number of anilines is 1. The fraction of sp³-hybridized carbons (Fsp3) is 0.125. The van der Waals surface area contributed by atoms with Gasteiger partial charge in [-0.1, -0.05) is 35.9 Å². The molecule has 3 aromatic carbocycles. The van der Waals surface area contributed by atoms with Gasteiger partial charge in [-0.05, 0) is 49.4 Å². The minimum absolute atomic E-state index is 0.0734. The second-order valence-electron chi connectivity index (χ2n) is 7.58. The molecule has 0 bridgehead atoms. The van der Waals surface area contributed by atoms with Crippen molar-refractivity contribution in [1.29, 1.82) is 0 Å². The van der Waals surface area contributed by atoms with E-state index < -0.39 is 27.5 Å². The molecule has 0 unspecified atom stereocenters. The van der Waals surface area contributed by atoms with Crippen molar-refractivity contribution in [3.8, 4) is 0 Å². The number of alkyl halides is 3. The number of hydrogen-bond donors (Lipinski definition) is 1. The summed E-state index contributed by atoms with van der Waals surface area (Å²) in [5.41, 5.74) is 0.863.